The van der Waals surface area contributed by atoms with Gasteiger partial charge in [-0.05, 0) is 18.2 Å². The Morgan fingerprint density at radius 3 is 2.22 bits per heavy atom. The van der Waals surface area contributed by atoms with E-state index in [0.717, 1.165) is 22.4 Å². The third-order valence-electron chi connectivity index (χ3n) is 2.47. The van der Waals surface area contributed by atoms with Crippen LogP contribution in [0.4, 0.5) is 0 Å². The van der Waals surface area contributed by atoms with Crippen molar-refractivity contribution >= 4 is 15.9 Å². The number of para-hydroxylation sites is 2. The summed E-state index contributed by atoms with van der Waals surface area (Å²) < 4.78 is 11.3. The van der Waals surface area contributed by atoms with Gasteiger partial charge in [0.1, 0.15) is 24.7 Å². The molecule has 0 N–H and O–H groups in total. The predicted molar refractivity (Wildman–Crippen MR) is 76.5 cm³/mol. The topological polar surface area (TPSA) is 18.5 Å². The lowest BCUT2D eigenvalue weighted by Gasteiger charge is -2.10. The standard InChI is InChI=1S/C15H15BrO2/c16-12-13-6-4-5-9-15(13)18-11-10-17-14-7-2-1-3-8-14/h1-9H,10-12H2. The first-order valence-electron chi connectivity index (χ1n) is 5.84. The number of alkyl halides is 1. The Bertz CT molecular complexity index is 471. The summed E-state index contributed by atoms with van der Waals surface area (Å²) in [7, 11) is 0. The maximum atomic E-state index is 5.69. The van der Waals surface area contributed by atoms with Crippen LogP contribution in [0, 0.1) is 0 Å². The van der Waals surface area contributed by atoms with Crippen molar-refractivity contribution in [1.29, 1.82) is 0 Å². The third kappa shape index (κ3) is 3.77. The van der Waals surface area contributed by atoms with Gasteiger partial charge >= 0.3 is 0 Å². The number of hydrogen-bond donors (Lipinski definition) is 0. The smallest absolute Gasteiger partial charge is 0.123 e. The quantitative estimate of drug-likeness (QED) is 0.592. The zero-order chi connectivity index (χ0) is 12.6. The summed E-state index contributed by atoms with van der Waals surface area (Å²) in [6, 6.07) is 17.7. The van der Waals surface area contributed by atoms with Crippen molar-refractivity contribution in [2.75, 3.05) is 13.2 Å². The van der Waals surface area contributed by atoms with E-state index in [9.17, 15) is 0 Å². The zero-order valence-electron chi connectivity index (χ0n) is 10.0. The molecule has 0 radical (unpaired) electrons. The van der Waals surface area contributed by atoms with Crippen molar-refractivity contribution in [1.82, 2.24) is 0 Å². The minimum atomic E-state index is 0.541. The highest BCUT2D eigenvalue weighted by molar-refractivity contribution is 9.08. The molecule has 0 saturated carbocycles. The van der Waals surface area contributed by atoms with Gasteiger partial charge in [0.05, 0.1) is 0 Å². The van der Waals surface area contributed by atoms with Crippen LogP contribution in [0.5, 0.6) is 11.5 Å². The highest BCUT2D eigenvalue weighted by Gasteiger charge is 2.00. The maximum absolute atomic E-state index is 5.69. The summed E-state index contributed by atoms with van der Waals surface area (Å²) >= 11 is 3.44. The second-order valence-corrected chi connectivity index (χ2v) is 4.31. The summed E-state index contributed by atoms with van der Waals surface area (Å²) in [6.45, 7) is 1.08. The van der Waals surface area contributed by atoms with Gasteiger partial charge in [0.25, 0.3) is 0 Å². The fourth-order valence-electron chi connectivity index (χ4n) is 1.58. The Hall–Kier alpha value is -1.48. The summed E-state index contributed by atoms with van der Waals surface area (Å²) in [4.78, 5) is 0. The molecule has 0 spiro atoms. The molecule has 0 unspecified atom stereocenters. The Kier molecular flexibility index (Phi) is 5.09. The van der Waals surface area contributed by atoms with Crippen molar-refractivity contribution in [2.24, 2.45) is 0 Å². The van der Waals surface area contributed by atoms with E-state index in [1.165, 1.54) is 0 Å². The van der Waals surface area contributed by atoms with Crippen molar-refractivity contribution in [3.8, 4) is 11.5 Å². The second kappa shape index (κ2) is 7.07. The molecule has 2 nitrogen and oxygen atoms in total. The molecule has 0 bridgehead atoms. The van der Waals surface area contributed by atoms with E-state index in [-0.39, 0.29) is 0 Å². The summed E-state index contributed by atoms with van der Waals surface area (Å²) in [5.41, 5.74) is 1.15. The van der Waals surface area contributed by atoms with Crippen LogP contribution >= 0.6 is 15.9 Å². The van der Waals surface area contributed by atoms with Crippen LogP contribution in [-0.2, 0) is 5.33 Å². The number of hydrogen-bond acceptors (Lipinski definition) is 2. The summed E-state index contributed by atoms with van der Waals surface area (Å²) in [6.07, 6.45) is 0. The lowest BCUT2D eigenvalue weighted by molar-refractivity contribution is 0.216. The molecule has 2 aromatic rings. The van der Waals surface area contributed by atoms with Crippen LogP contribution in [0.25, 0.3) is 0 Å². The first-order valence-corrected chi connectivity index (χ1v) is 6.97. The minimum absolute atomic E-state index is 0.541. The Balaban J connectivity index is 1.78. The van der Waals surface area contributed by atoms with Gasteiger partial charge in [-0.3, -0.25) is 0 Å². The molecule has 0 atom stereocenters. The lowest BCUT2D eigenvalue weighted by atomic mass is 10.2. The molecule has 0 heterocycles. The molecule has 18 heavy (non-hydrogen) atoms. The van der Waals surface area contributed by atoms with Crippen LogP contribution in [0.1, 0.15) is 5.56 Å². The molecule has 0 saturated heterocycles. The highest BCUT2D eigenvalue weighted by atomic mass is 79.9. The fraction of sp³-hybridized carbons (Fsp3) is 0.200. The van der Waals surface area contributed by atoms with Crippen LogP contribution in [0.3, 0.4) is 0 Å². The third-order valence-corrected chi connectivity index (χ3v) is 3.07. The SMILES string of the molecule is BrCc1ccccc1OCCOc1ccccc1. The minimum Gasteiger partial charge on any atom is -0.490 e. The normalized spacial score (nSPS) is 10.1. The van der Waals surface area contributed by atoms with E-state index in [1.54, 1.807) is 0 Å². The summed E-state index contributed by atoms with van der Waals surface area (Å²) in [5.74, 6) is 1.78. The van der Waals surface area contributed by atoms with Gasteiger partial charge in [0.15, 0.2) is 0 Å². The summed E-state index contributed by atoms with van der Waals surface area (Å²) in [5, 5.41) is 0.794. The lowest BCUT2D eigenvalue weighted by Crippen LogP contribution is -2.09. The molecule has 0 fully saturated rings. The van der Waals surface area contributed by atoms with Gasteiger partial charge in [-0.2, -0.15) is 0 Å². The van der Waals surface area contributed by atoms with E-state index in [2.05, 4.69) is 15.9 Å². The monoisotopic (exact) mass is 306 g/mol. The molecule has 0 aliphatic rings. The molecular weight excluding hydrogens is 292 g/mol. The van der Waals surface area contributed by atoms with Crippen LogP contribution in [0.2, 0.25) is 0 Å². The van der Waals surface area contributed by atoms with Gasteiger partial charge in [0.2, 0.25) is 0 Å². The van der Waals surface area contributed by atoms with E-state index in [0.29, 0.717) is 13.2 Å². The maximum Gasteiger partial charge on any atom is 0.123 e. The molecular formula is C15H15BrO2. The van der Waals surface area contributed by atoms with Crippen LogP contribution < -0.4 is 9.47 Å². The van der Waals surface area contributed by atoms with Gasteiger partial charge in [-0.15, -0.1) is 0 Å². The number of halogens is 1. The number of benzene rings is 2. The number of ether oxygens (including phenoxy) is 2. The van der Waals surface area contributed by atoms with Crippen LogP contribution in [0.15, 0.2) is 54.6 Å². The first kappa shape index (κ1) is 13.0. The van der Waals surface area contributed by atoms with E-state index < -0.39 is 0 Å². The molecule has 0 amide bonds. The molecule has 3 heteroatoms. The predicted octanol–water partition coefficient (Wildman–Crippen LogP) is 4.04. The Morgan fingerprint density at radius 2 is 1.44 bits per heavy atom. The second-order valence-electron chi connectivity index (χ2n) is 3.75. The number of rotatable bonds is 6. The Labute approximate surface area is 116 Å². The fourth-order valence-corrected chi connectivity index (χ4v) is 2.05. The van der Waals surface area contributed by atoms with Gasteiger partial charge < -0.3 is 9.47 Å². The first-order chi connectivity index (χ1) is 8.90. The zero-order valence-corrected chi connectivity index (χ0v) is 11.6. The highest BCUT2D eigenvalue weighted by Crippen LogP contribution is 2.20. The largest absolute Gasteiger partial charge is 0.490 e. The van der Waals surface area contributed by atoms with Gasteiger partial charge in [0, 0.05) is 10.9 Å². The molecule has 94 valence electrons. The van der Waals surface area contributed by atoms with E-state index in [1.807, 2.05) is 54.6 Å². The van der Waals surface area contributed by atoms with Crippen LogP contribution in [-0.4, -0.2) is 13.2 Å². The molecule has 2 aromatic carbocycles. The van der Waals surface area contributed by atoms with Gasteiger partial charge in [-0.25, -0.2) is 0 Å². The Morgan fingerprint density at radius 1 is 0.778 bits per heavy atom. The average molecular weight is 307 g/mol. The van der Waals surface area contributed by atoms with E-state index in [4.69, 9.17) is 9.47 Å². The van der Waals surface area contributed by atoms with E-state index >= 15 is 0 Å². The van der Waals surface area contributed by atoms with Crippen molar-refractivity contribution < 1.29 is 9.47 Å². The molecule has 0 aliphatic heterocycles. The molecule has 2 rings (SSSR count). The van der Waals surface area contributed by atoms with Crippen molar-refractivity contribution in [3.05, 3.63) is 60.2 Å². The molecule has 0 aliphatic carbocycles. The van der Waals surface area contributed by atoms with Crippen molar-refractivity contribution in [2.45, 2.75) is 5.33 Å². The average Bonchev–Trinajstić information content (AvgIpc) is 2.45. The van der Waals surface area contributed by atoms with Crippen molar-refractivity contribution in [3.63, 3.8) is 0 Å². The van der Waals surface area contributed by atoms with Gasteiger partial charge in [-0.1, -0.05) is 52.3 Å². The molecule has 0 aromatic heterocycles.